The summed E-state index contributed by atoms with van der Waals surface area (Å²) in [5.41, 5.74) is 2.96. The van der Waals surface area contributed by atoms with Crippen molar-refractivity contribution in [3.05, 3.63) is 52.1 Å². The van der Waals surface area contributed by atoms with Crippen LogP contribution in [-0.4, -0.2) is 56.7 Å². The average Bonchev–Trinajstić information content (AvgIpc) is 3.49. The summed E-state index contributed by atoms with van der Waals surface area (Å²) < 4.78 is 8.33. The summed E-state index contributed by atoms with van der Waals surface area (Å²) in [4.78, 5) is 27.8. The second-order valence-electron chi connectivity index (χ2n) is 7.72. The predicted octanol–water partition coefficient (Wildman–Crippen LogP) is 1.63. The topological polar surface area (TPSA) is 82.2 Å². The first-order valence-electron chi connectivity index (χ1n) is 10.0. The van der Waals surface area contributed by atoms with Crippen LogP contribution in [0.3, 0.4) is 0 Å². The van der Waals surface area contributed by atoms with Crippen molar-refractivity contribution >= 4 is 16.8 Å². The molecular formula is C21H23N5O3. The number of para-hydroxylation sites is 1. The van der Waals surface area contributed by atoms with Crippen molar-refractivity contribution in [1.82, 2.24) is 24.5 Å². The molecule has 3 heterocycles. The van der Waals surface area contributed by atoms with E-state index in [4.69, 9.17) is 4.74 Å². The van der Waals surface area contributed by atoms with Crippen LogP contribution in [0.5, 0.6) is 0 Å². The minimum Gasteiger partial charge on any atom is -0.378 e. The smallest absolute Gasteiger partial charge is 0.293 e. The minimum absolute atomic E-state index is 0.0621. The highest BCUT2D eigenvalue weighted by atomic mass is 16.5. The number of aromatic nitrogens is 4. The number of carbonyl (C=O) groups excluding carboxylic acids is 1. The number of hydrogen-bond acceptors (Lipinski definition) is 5. The molecular weight excluding hydrogens is 370 g/mol. The Hall–Kier alpha value is -3.00. The van der Waals surface area contributed by atoms with Crippen molar-refractivity contribution in [1.29, 1.82) is 0 Å². The highest BCUT2D eigenvalue weighted by Gasteiger charge is 2.31. The van der Waals surface area contributed by atoms with Crippen molar-refractivity contribution < 1.29 is 9.53 Å². The first kappa shape index (κ1) is 18.1. The number of carbonyl (C=O) groups is 1. The largest absolute Gasteiger partial charge is 0.378 e. The molecule has 2 fully saturated rings. The van der Waals surface area contributed by atoms with Crippen LogP contribution in [0, 0.1) is 6.92 Å². The van der Waals surface area contributed by atoms with Gasteiger partial charge in [0, 0.05) is 24.4 Å². The Morgan fingerprint density at radius 2 is 1.97 bits per heavy atom. The standard InChI is InChI=1S/C21H23N5O3/c1-14-4-2-3-5-17(14)26-20-16(12-22-26)19(15-6-7-15)23-25(21(20)28)13-18(27)24-8-10-29-11-9-24/h2-5,12,15H,6-11,13H2,1H3. The number of benzene rings is 1. The highest BCUT2D eigenvalue weighted by molar-refractivity contribution is 5.83. The summed E-state index contributed by atoms with van der Waals surface area (Å²) in [7, 11) is 0. The number of fused-ring (bicyclic) bond motifs is 1. The molecule has 0 bridgehead atoms. The molecule has 1 aliphatic carbocycles. The van der Waals surface area contributed by atoms with E-state index in [0.29, 0.717) is 37.7 Å². The van der Waals surface area contributed by atoms with Crippen LogP contribution in [-0.2, 0) is 16.1 Å². The van der Waals surface area contributed by atoms with Crippen molar-refractivity contribution in [3.63, 3.8) is 0 Å². The van der Waals surface area contributed by atoms with E-state index in [-0.39, 0.29) is 18.0 Å². The lowest BCUT2D eigenvalue weighted by molar-refractivity contribution is -0.136. The van der Waals surface area contributed by atoms with Crippen LogP contribution in [0.2, 0.25) is 0 Å². The van der Waals surface area contributed by atoms with Gasteiger partial charge >= 0.3 is 0 Å². The summed E-state index contributed by atoms with van der Waals surface area (Å²) in [6.45, 7) is 4.08. The third-order valence-electron chi connectivity index (χ3n) is 5.67. The molecule has 8 heteroatoms. The Balaban J connectivity index is 1.62. The van der Waals surface area contributed by atoms with Gasteiger partial charge < -0.3 is 9.64 Å². The summed E-state index contributed by atoms with van der Waals surface area (Å²) in [5, 5.41) is 9.91. The van der Waals surface area contributed by atoms with Gasteiger partial charge in [-0.05, 0) is 31.4 Å². The Labute approximate surface area is 167 Å². The first-order valence-corrected chi connectivity index (χ1v) is 10.0. The molecule has 1 aliphatic heterocycles. The second-order valence-corrected chi connectivity index (χ2v) is 7.72. The van der Waals surface area contributed by atoms with E-state index in [1.165, 1.54) is 4.68 Å². The fourth-order valence-electron chi connectivity index (χ4n) is 3.88. The van der Waals surface area contributed by atoms with Crippen molar-refractivity contribution in [2.45, 2.75) is 32.2 Å². The molecule has 8 nitrogen and oxygen atoms in total. The molecule has 5 rings (SSSR count). The molecule has 0 atom stereocenters. The van der Waals surface area contributed by atoms with Gasteiger partial charge in [0.25, 0.3) is 5.56 Å². The fourth-order valence-corrected chi connectivity index (χ4v) is 3.88. The van der Waals surface area contributed by atoms with E-state index < -0.39 is 0 Å². The minimum atomic E-state index is -0.285. The average molecular weight is 393 g/mol. The lowest BCUT2D eigenvalue weighted by Crippen LogP contribution is -2.44. The zero-order valence-corrected chi connectivity index (χ0v) is 16.4. The number of aryl methyl sites for hydroxylation is 1. The molecule has 1 saturated heterocycles. The van der Waals surface area contributed by atoms with Gasteiger partial charge in [-0.15, -0.1) is 0 Å². The molecule has 0 unspecified atom stereocenters. The Bertz CT molecular complexity index is 1140. The number of nitrogens with zero attached hydrogens (tertiary/aromatic N) is 5. The van der Waals surface area contributed by atoms with Gasteiger partial charge in [0.05, 0.1) is 30.8 Å². The molecule has 150 valence electrons. The summed E-state index contributed by atoms with van der Waals surface area (Å²) in [5.74, 6) is 0.225. The molecule has 1 aromatic carbocycles. The molecule has 3 aromatic rings. The van der Waals surface area contributed by atoms with Gasteiger partial charge in [0.15, 0.2) is 0 Å². The van der Waals surface area contributed by atoms with Crippen LogP contribution < -0.4 is 5.56 Å². The van der Waals surface area contributed by atoms with Crippen LogP contribution in [0.4, 0.5) is 0 Å². The highest BCUT2D eigenvalue weighted by Crippen LogP contribution is 2.41. The summed E-state index contributed by atoms with van der Waals surface area (Å²) >= 11 is 0. The number of amides is 1. The predicted molar refractivity (Wildman–Crippen MR) is 107 cm³/mol. The summed E-state index contributed by atoms with van der Waals surface area (Å²) in [6, 6.07) is 7.83. The van der Waals surface area contributed by atoms with Crippen molar-refractivity contribution in [2.75, 3.05) is 26.3 Å². The number of hydrogen-bond donors (Lipinski definition) is 0. The molecule has 1 saturated carbocycles. The molecule has 2 aromatic heterocycles. The van der Waals surface area contributed by atoms with Gasteiger partial charge in [-0.3, -0.25) is 9.59 Å². The molecule has 0 spiro atoms. The Morgan fingerprint density at radius 1 is 1.21 bits per heavy atom. The third-order valence-corrected chi connectivity index (χ3v) is 5.67. The molecule has 0 radical (unpaired) electrons. The van der Waals surface area contributed by atoms with Gasteiger partial charge in [-0.25, -0.2) is 9.36 Å². The van der Waals surface area contributed by atoms with Gasteiger partial charge in [0.1, 0.15) is 12.1 Å². The van der Waals surface area contributed by atoms with E-state index in [2.05, 4.69) is 10.2 Å². The maximum Gasteiger partial charge on any atom is 0.293 e. The Kier molecular flexibility index (Phi) is 4.43. The van der Waals surface area contributed by atoms with E-state index in [1.807, 2.05) is 31.2 Å². The zero-order chi connectivity index (χ0) is 20.0. The van der Waals surface area contributed by atoms with Crippen LogP contribution in [0.25, 0.3) is 16.6 Å². The fraction of sp³-hybridized carbons (Fsp3) is 0.429. The van der Waals surface area contributed by atoms with Gasteiger partial charge in [-0.2, -0.15) is 10.2 Å². The second kappa shape index (κ2) is 7.11. The van der Waals surface area contributed by atoms with Crippen LogP contribution in [0.1, 0.15) is 30.0 Å². The van der Waals surface area contributed by atoms with E-state index in [1.54, 1.807) is 15.8 Å². The summed E-state index contributed by atoms with van der Waals surface area (Å²) in [6.07, 6.45) is 3.83. The number of morpholine rings is 1. The van der Waals surface area contributed by atoms with E-state index >= 15 is 0 Å². The maximum absolute atomic E-state index is 13.4. The van der Waals surface area contributed by atoms with Gasteiger partial charge in [-0.1, -0.05) is 18.2 Å². The lowest BCUT2D eigenvalue weighted by atomic mass is 10.2. The van der Waals surface area contributed by atoms with Crippen molar-refractivity contribution in [3.8, 4) is 5.69 Å². The zero-order valence-electron chi connectivity index (χ0n) is 16.4. The van der Waals surface area contributed by atoms with E-state index in [9.17, 15) is 9.59 Å². The Morgan fingerprint density at radius 3 is 2.69 bits per heavy atom. The first-order chi connectivity index (χ1) is 14.1. The molecule has 0 N–H and O–H groups in total. The maximum atomic E-state index is 13.4. The number of rotatable bonds is 4. The molecule has 1 amide bonds. The quantitative estimate of drug-likeness (QED) is 0.673. The molecule has 29 heavy (non-hydrogen) atoms. The van der Waals surface area contributed by atoms with Crippen LogP contribution in [0.15, 0.2) is 35.3 Å². The monoisotopic (exact) mass is 393 g/mol. The van der Waals surface area contributed by atoms with E-state index in [0.717, 1.165) is 35.2 Å². The van der Waals surface area contributed by atoms with Crippen LogP contribution >= 0.6 is 0 Å². The lowest BCUT2D eigenvalue weighted by Gasteiger charge is -2.26. The molecule has 2 aliphatic rings. The van der Waals surface area contributed by atoms with Crippen molar-refractivity contribution in [2.24, 2.45) is 0 Å². The SMILES string of the molecule is Cc1ccccc1-n1ncc2c(C3CC3)nn(CC(=O)N3CCOCC3)c(=O)c21. The normalized spacial score (nSPS) is 17.1. The van der Waals surface area contributed by atoms with Gasteiger partial charge in [0.2, 0.25) is 5.91 Å². The number of ether oxygens (including phenoxy) is 1. The third kappa shape index (κ3) is 3.23.